The molecular formula is C15H20N4O2. The summed E-state index contributed by atoms with van der Waals surface area (Å²) < 4.78 is 10.8. The summed E-state index contributed by atoms with van der Waals surface area (Å²) >= 11 is 0. The van der Waals surface area contributed by atoms with Crippen molar-refractivity contribution in [2.45, 2.75) is 26.3 Å². The van der Waals surface area contributed by atoms with E-state index in [1.54, 1.807) is 31.4 Å². The number of nitrogens with one attached hydrogen (secondary N) is 1. The third-order valence-corrected chi connectivity index (χ3v) is 2.61. The summed E-state index contributed by atoms with van der Waals surface area (Å²) in [6, 6.07) is 7.19. The highest BCUT2D eigenvalue weighted by Gasteiger charge is 2.16. The maximum Gasteiger partial charge on any atom is 0.248 e. The minimum atomic E-state index is -0.153. The van der Waals surface area contributed by atoms with Crippen LogP contribution in [-0.2, 0) is 0 Å². The van der Waals surface area contributed by atoms with Crippen LogP contribution in [0.4, 0.5) is 11.5 Å². The fourth-order valence-corrected chi connectivity index (χ4v) is 1.67. The van der Waals surface area contributed by atoms with E-state index in [9.17, 15) is 0 Å². The van der Waals surface area contributed by atoms with Crippen molar-refractivity contribution >= 4 is 11.5 Å². The van der Waals surface area contributed by atoms with Crippen LogP contribution in [0.3, 0.4) is 0 Å². The normalized spacial score (nSPS) is 11.0. The molecule has 0 saturated heterocycles. The third-order valence-electron chi connectivity index (χ3n) is 2.61. The van der Waals surface area contributed by atoms with Gasteiger partial charge in [0.15, 0.2) is 5.82 Å². The zero-order chi connectivity index (χ0) is 15.5. The fourth-order valence-electron chi connectivity index (χ4n) is 1.67. The summed E-state index contributed by atoms with van der Waals surface area (Å²) in [6.45, 7) is 6.08. The first-order valence-corrected chi connectivity index (χ1v) is 6.59. The quantitative estimate of drug-likeness (QED) is 0.899. The van der Waals surface area contributed by atoms with E-state index in [0.717, 1.165) is 5.75 Å². The van der Waals surface area contributed by atoms with Crippen LogP contribution >= 0.6 is 0 Å². The van der Waals surface area contributed by atoms with Crippen molar-refractivity contribution in [2.75, 3.05) is 18.2 Å². The molecule has 0 fully saturated rings. The number of hydrogen-bond donors (Lipinski definition) is 2. The van der Waals surface area contributed by atoms with Crippen LogP contribution in [0, 0.1) is 0 Å². The van der Waals surface area contributed by atoms with Crippen molar-refractivity contribution in [3.8, 4) is 17.4 Å². The van der Waals surface area contributed by atoms with Crippen molar-refractivity contribution in [1.82, 2.24) is 9.97 Å². The molecule has 0 aliphatic heterocycles. The Labute approximate surface area is 124 Å². The number of nitrogens with zero attached hydrogens (tertiary/aromatic N) is 2. The molecule has 0 unspecified atom stereocenters. The van der Waals surface area contributed by atoms with Crippen molar-refractivity contribution in [3.63, 3.8) is 0 Å². The lowest BCUT2D eigenvalue weighted by Crippen LogP contribution is -2.27. The number of nitrogens with two attached hydrogens (primary N) is 1. The van der Waals surface area contributed by atoms with Crippen molar-refractivity contribution < 1.29 is 9.47 Å². The Hall–Kier alpha value is -2.50. The molecule has 0 radical (unpaired) electrons. The molecule has 1 aromatic carbocycles. The second-order valence-electron chi connectivity index (χ2n) is 5.59. The molecule has 0 spiro atoms. The molecule has 3 N–H and O–H groups in total. The van der Waals surface area contributed by atoms with Gasteiger partial charge in [-0.3, -0.25) is 0 Å². The van der Waals surface area contributed by atoms with E-state index in [1.807, 2.05) is 20.8 Å². The van der Waals surface area contributed by atoms with Crippen LogP contribution in [0.1, 0.15) is 20.8 Å². The Morgan fingerprint density at radius 1 is 1.05 bits per heavy atom. The lowest BCUT2D eigenvalue weighted by molar-refractivity contribution is 0.412. The summed E-state index contributed by atoms with van der Waals surface area (Å²) in [5, 5.41) is 3.22. The van der Waals surface area contributed by atoms with Crippen LogP contribution in [0.2, 0.25) is 0 Å². The molecule has 0 bridgehead atoms. The van der Waals surface area contributed by atoms with Crippen LogP contribution < -0.4 is 20.5 Å². The molecule has 0 atom stereocenters. The predicted octanol–water partition coefficient (Wildman–Crippen LogP) is 3.07. The highest BCUT2D eigenvalue weighted by molar-refractivity contribution is 5.67. The predicted molar refractivity (Wildman–Crippen MR) is 82.9 cm³/mol. The Kier molecular flexibility index (Phi) is 4.16. The van der Waals surface area contributed by atoms with Gasteiger partial charge in [0.25, 0.3) is 0 Å². The largest absolute Gasteiger partial charge is 0.497 e. The van der Waals surface area contributed by atoms with Crippen LogP contribution in [-0.4, -0.2) is 22.6 Å². The third kappa shape index (κ3) is 3.98. The molecule has 112 valence electrons. The zero-order valence-electron chi connectivity index (χ0n) is 12.7. The highest BCUT2D eigenvalue weighted by Crippen LogP contribution is 2.31. The van der Waals surface area contributed by atoms with E-state index in [1.165, 1.54) is 6.33 Å². The number of methoxy groups -OCH3 is 1. The maximum absolute atomic E-state index is 6.06. The van der Waals surface area contributed by atoms with Gasteiger partial charge in [0.2, 0.25) is 5.88 Å². The second kappa shape index (κ2) is 5.87. The number of benzene rings is 1. The average Bonchev–Trinajstić information content (AvgIpc) is 2.43. The van der Waals surface area contributed by atoms with Crippen molar-refractivity contribution in [1.29, 1.82) is 0 Å². The number of anilines is 2. The van der Waals surface area contributed by atoms with E-state index >= 15 is 0 Å². The summed E-state index contributed by atoms with van der Waals surface area (Å²) in [4.78, 5) is 8.22. The van der Waals surface area contributed by atoms with E-state index in [4.69, 9.17) is 15.2 Å². The minimum absolute atomic E-state index is 0.153. The van der Waals surface area contributed by atoms with Gasteiger partial charge in [-0.2, -0.15) is 4.98 Å². The number of hydrogen-bond acceptors (Lipinski definition) is 6. The Morgan fingerprint density at radius 3 is 2.24 bits per heavy atom. The second-order valence-corrected chi connectivity index (χ2v) is 5.59. The van der Waals surface area contributed by atoms with Gasteiger partial charge >= 0.3 is 0 Å². The lowest BCUT2D eigenvalue weighted by Gasteiger charge is -2.22. The van der Waals surface area contributed by atoms with Gasteiger partial charge < -0.3 is 20.5 Å². The lowest BCUT2D eigenvalue weighted by atomic mass is 10.1. The molecule has 6 heteroatoms. The topological polar surface area (TPSA) is 82.3 Å². The molecule has 0 aliphatic rings. The monoisotopic (exact) mass is 288 g/mol. The first-order chi connectivity index (χ1) is 9.89. The first-order valence-electron chi connectivity index (χ1n) is 6.59. The van der Waals surface area contributed by atoms with Crippen LogP contribution in [0.15, 0.2) is 30.6 Å². The molecule has 0 aliphatic carbocycles. The molecule has 1 heterocycles. The molecule has 2 aromatic rings. The van der Waals surface area contributed by atoms with Gasteiger partial charge in [0.1, 0.15) is 23.5 Å². The number of ether oxygens (including phenoxy) is 2. The highest BCUT2D eigenvalue weighted by atomic mass is 16.5. The first kappa shape index (κ1) is 14.9. The SMILES string of the molecule is COc1ccc(Oc2ncnc(NC(C)(C)C)c2N)cc1. The Morgan fingerprint density at radius 2 is 1.67 bits per heavy atom. The molecule has 2 rings (SSSR count). The summed E-state index contributed by atoms with van der Waals surface area (Å²) in [5.74, 6) is 2.26. The van der Waals surface area contributed by atoms with E-state index in [-0.39, 0.29) is 5.54 Å². The summed E-state index contributed by atoms with van der Waals surface area (Å²) in [7, 11) is 1.61. The van der Waals surface area contributed by atoms with E-state index in [0.29, 0.717) is 23.1 Å². The number of nitrogen functional groups attached to an aromatic ring is 1. The molecule has 6 nitrogen and oxygen atoms in total. The van der Waals surface area contributed by atoms with E-state index in [2.05, 4.69) is 15.3 Å². The van der Waals surface area contributed by atoms with Crippen molar-refractivity contribution in [3.05, 3.63) is 30.6 Å². The molecule has 0 amide bonds. The molecule has 21 heavy (non-hydrogen) atoms. The number of aromatic nitrogens is 2. The van der Waals surface area contributed by atoms with Gasteiger partial charge in [-0.1, -0.05) is 0 Å². The van der Waals surface area contributed by atoms with Crippen LogP contribution in [0.25, 0.3) is 0 Å². The van der Waals surface area contributed by atoms with Gasteiger partial charge in [-0.05, 0) is 45.0 Å². The Bertz CT molecular complexity index is 606. The van der Waals surface area contributed by atoms with Crippen LogP contribution in [0.5, 0.6) is 17.4 Å². The van der Waals surface area contributed by atoms with Gasteiger partial charge in [-0.15, -0.1) is 0 Å². The van der Waals surface area contributed by atoms with Gasteiger partial charge in [0, 0.05) is 5.54 Å². The van der Waals surface area contributed by atoms with E-state index < -0.39 is 0 Å². The summed E-state index contributed by atoms with van der Waals surface area (Å²) in [5.41, 5.74) is 6.28. The molecule has 1 aromatic heterocycles. The Balaban J connectivity index is 2.21. The standard InChI is InChI=1S/C15H20N4O2/c1-15(2,3)19-13-12(16)14(18-9-17-13)21-11-7-5-10(20-4)6-8-11/h5-9H,16H2,1-4H3,(H,17,18,19). The smallest absolute Gasteiger partial charge is 0.248 e. The van der Waals surface area contributed by atoms with Gasteiger partial charge in [0.05, 0.1) is 7.11 Å². The zero-order valence-corrected chi connectivity index (χ0v) is 12.7. The number of rotatable bonds is 4. The maximum atomic E-state index is 6.06. The molecule has 0 saturated carbocycles. The summed E-state index contributed by atoms with van der Waals surface area (Å²) in [6.07, 6.45) is 1.42. The van der Waals surface area contributed by atoms with Crippen molar-refractivity contribution in [2.24, 2.45) is 0 Å². The average molecular weight is 288 g/mol. The fraction of sp³-hybridized carbons (Fsp3) is 0.333. The minimum Gasteiger partial charge on any atom is -0.497 e. The molecular weight excluding hydrogens is 268 g/mol. The van der Waals surface area contributed by atoms with Gasteiger partial charge in [-0.25, -0.2) is 4.98 Å².